The third kappa shape index (κ3) is 3.92. The summed E-state index contributed by atoms with van der Waals surface area (Å²) in [6, 6.07) is 8.53. The summed E-state index contributed by atoms with van der Waals surface area (Å²) in [5.74, 6) is -0.298. The lowest BCUT2D eigenvalue weighted by Crippen LogP contribution is -2.00. The largest absolute Gasteiger partial charge is 0.482 e. The number of nitro benzene ring substituents is 1. The van der Waals surface area contributed by atoms with Crippen LogP contribution in [-0.2, 0) is 11.9 Å². The van der Waals surface area contributed by atoms with Gasteiger partial charge in [0.15, 0.2) is 5.75 Å². The summed E-state index contributed by atoms with van der Waals surface area (Å²) in [6.07, 6.45) is 0. The van der Waals surface area contributed by atoms with Crippen LogP contribution < -0.4 is 4.74 Å². The standard InChI is InChI=1S/C14H10BrClFNO3/c15-7-9-1-4-13(18(19)20)14(5-9)21-8-10-2-3-11(17)6-12(10)16/h1-6H,7-8H2. The molecule has 110 valence electrons. The lowest BCUT2D eigenvalue weighted by Gasteiger charge is -2.09. The van der Waals surface area contributed by atoms with Gasteiger partial charge in [0.2, 0.25) is 0 Å². The molecule has 2 aromatic rings. The molecular weight excluding hydrogens is 365 g/mol. The van der Waals surface area contributed by atoms with Crippen LogP contribution in [0.15, 0.2) is 36.4 Å². The van der Waals surface area contributed by atoms with E-state index in [1.165, 1.54) is 24.3 Å². The number of rotatable bonds is 5. The van der Waals surface area contributed by atoms with Gasteiger partial charge < -0.3 is 4.74 Å². The molecule has 0 aromatic heterocycles. The average Bonchev–Trinajstić information content (AvgIpc) is 2.45. The van der Waals surface area contributed by atoms with Crippen LogP contribution in [0.4, 0.5) is 10.1 Å². The zero-order chi connectivity index (χ0) is 15.4. The van der Waals surface area contributed by atoms with E-state index in [9.17, 15) is 14.5 Å². The fourth-order valence-corrected chi connectivity index (χ4v) is 2.27. The van der Waals surface area contributed by atoms with E-state index in [1.54, 1.807) is 12.1 Å². The Morgan fingerprint density at radius 1 is 1.29 bits per heavy atom. The molecule has 0 spiro atoms. The topological polar surface area (TPSA) is 52.4 Å². The van der Waals surface area contributed by atoms with Gasteiger partial charge in [0.05, 0.1) is 9.95 Å². The van der Waals surface area contributed by atoms with Crippen molar-refractivity contribution in [3.8, 4) is 5.75 Å². The van der Waals surface area contributed by atoms with Gasteiger partial charge in [0.1, 0.15) is 12.4 Å². The van der Waals surface area contributed by atoms with Crippen LogP contribution >= 0.6 is 27.5 Å². The number of nitro groups is 1. The third-order valence-electron chi connectivity index (χ3n) is 2.77. The molecule has 0 amide bonds. The summed E-state index contributed by atoms with van der Waals surface area (Å²) >= 11 is 9.18. The summed E-state index contributed by atoms with van der Waals surface area (Å²) < 4.78 is 18.4. The van der Waals surface area contributed by atoms with Crippen molar-refractivity contribution in [2.45, 2.75) is 11.9 Å². The molecule has 21 heavy (non-hydrogen) atoms. The second-order valence-corrected chi connectivity index (χ2v) is 5.19. The number of nitrogens with zero attached hydrogens (tertiary/aromatic N) is 1. The summed E-state index contributed by atoms with van der Waals surface area (Å²) in [4.78, 5) is 10.5. The second-order valence-electron chi connectivity index (χ2n) is 4.22. The summed E-state index contributed by atoms with van der Waals surface area (Å²) in [5, 5.41) is 11.8. The highest BCUT2D eigenvalue weighted by molar-refractivity contribution is 9.08. The van der Waals surface area contributed by atoms with Gasteiger partial charge in [-0.2, -0.15) is 0 Å². The maximum Gasteiger partial charge on any atom is 0.310 e. The lowest BCUT2D eigenvalue weighted by molar-refractivity contribution is -0.386. The molecule has 0 saturated heterocycles. The van der Waals surface area contributed by atoms with Gasteiger partial charge in [-0.3, -0.25) is 10.1 Å². The van der Waals surface area contributed by atoms with Crippen molar-refractivity contribution in [1.29, 1.82) is 0 Å². The Morgan fingerprint density at radius 2 is 2.05 bits per heavy atom. The molecule has 2 aromatic carbocycles. The van der Waals surface area contributed by atoms with Crippen LogP contribution in [0.1, 0.15) is 11.1 Å². The summed E-state index contributed by atoms with van der Waals surface area (Å²) in [5.41, 5.74) is 1.27. The predicted octanol–water partition coefficient (Wildman–Crippen LogP) is 4.86. The van der Waals surface area contributed by atoms with Crippen LogP contribution in [0.2, 0.25) is 5.02 Å². The van der Waals surface area contributed by atoms with E-state index in [2.05, 4.69) is 15.9 Å². The number of alkyl halides is 1. The molecule has 0 fully saturated rings. The van der Waals surface area contributed by atoms with E-state index in [4.69, 9.17) is 16.3 Å². The Balaban J connectivity index is 2.24. The Morgan fingerprint density at radius 3 is 2.67 bits per heavy atom. The van der Waals surface area contributed by atoms with Gasteiger partial charge in [-0.05, 0) is 23.8 Å². The quantitative estimate of drug-likeness (QED) is 0.426. The Hall–Kier alpha value is -1.66. The lowest BCUT2D eigenvalue weighted by atomic mass is 10.2. The van der Waals surface area contributed by atoms with Crippen molar-refractivity contribution in [3.05, 3.63) is 68.5 Å². The van der Waals surface area contributed by atoms with Crippen LogP contribution in [0.3, 0.4) is 0 Å². The van der Waals surface area contributed by atoms with Crippen LogP contribution in [0, 0.1) is 15.9 Å². The molecule has 7 heteroatoms. The molecule has 2 rings (SSSR count). The van der Waals surface area contributed by atoms with Crippen molar-refractivity contribution in [2.75, 3.05) is 0 Å². The fraction of sp³-hybridized carbons (Fsp3) is 0.143. The average molecular weight is 375 g/mol. The number of benzene rings is 2. The monoisotopic (exact) mass is 373 g/mol. The number of hydrogen-bond acceptors (Lipinski definition) is 3. The van der Waals surface area contributed by atoms with Crippen molar-refractivity contribution in [3.63, 3.8) is 0 Å². The molecule has 0 aliphatic rings. The van der Waals surface area contributed by atoms with E-state index >= 15 is 0 Å². The van der Waals surface area contributed by atoms with Gasteiger partial charge in [-0.15, -0.1) is 0 Å². The number of ether oxygens (including phenoxy) is 1. The first-order valence-corrected chi connectivity index (χ1v) is 7.41. The Kier molecular flexibility index (Phi) is 5.14. The molecule has 0 saturated carbocycles. The molecule has 0 unspecified atom stereocenters. The van der Waals surface area contributed by atoms with Gasteiger partial charge in [0, 0.05) is 17.0 Å². The predicted molar refractivity (Wildman–Crippen MR) is 81.5 cm³/mol. The smallest absolute Gasteiger partial charge is 0.310 e. The first-order chi connectivity index (χ1) is 10.0. The number of hydrogen-bond donors (Lipinski definition) is 0. The maximum atomic E-state index is 13.0. The first kappa shape index (κ1) is 15.7. The fourth-order valence-electron chi connectivity index (χ4n) is 1.70. The zero-order valence-corrected chi connectivity index (χ0v) is 13.0. The van der Waals surface area contributed by atoms with Crippen LogP contribution in [0.5, 0.6) is 5.75 Å². The van der Waals surface area contributed by atoms with Crippen molar-refractivity contribution in [1.82, 2.24) is 0 Å². The molecule has 0 N–H and O–H groups in total. The molecule has 4 nitrogen and oxygen atoms in total. The molecule has 0 aliphatic heterocycles. The van der Waals surface area contributed by atoms with Crippen LogP contribution in [0.25, 0.3) is 0 Å². The molecule has 0 radical (unpaired) electrons. The first-order valence-electron chi connectivity index (χ1n) is 5.91. The summed E-state index contributed by atoms with van der Waals surface area (Å²) in [6.45, 7) is 0.0195. The molecule has 0 bridgehead atoms. The van der Waals surface area contributed by atoms with E-state index in [0.29, 0.717) is 10.9 Å². The minimum absolute atomic E-state index is 0.0195. The minimum Gasteiger partial charge on any atom is -0.482 e. The van der Waals surface area contributed by atoms with Gasteiger partial charge in [-0.1, -0.05) is 39.7 Å². The van der Waals surface area contributed by atoms with Crippen LogP contribution in [-0.4, -0.2) is 4.92 Å². The Labute approximate surface area is 133 Å². The van der Waals surface area contributed by atoms with E-state index in [1.807, 2.05) is 0 Å². The maximum absolute atomic E-state index is 13.0. The van der Waals surface area contributed by atoms with E-state index < -0.39 is 10.7 Å². The van der Waals surface area contributed by atoms with Gasteiger partial charge in [-0.25, -0.2) is 4.39 Å². The van der Waals surface area contributed by atoms with Gasteiger partial charge >= 0.3 is 5.69 Å². The molecule has 0 atom stereocenters. The van der Waals surface area contributed by atoms with Crippen molar-refractivity contribution in [2.24, 2.45) is 0 Å². The highest BCUT2D eigenvalue weighted by Crippen LogP contribution is 2.30. The van der Waals surface area contributed by atoms with E-state index in [0.717, 1.165) is 5.56 Å². The van der Waals surface area contributed by atoms with E-state index in [-0.39, 0.29) is 23.1 Å². The highest BCUT2D eigenvalue weighted by atomic mass is 79.9. The van der Waals surface area contributed by atoms with Gasteiger partial charge in [0.25, 0.3) is 0 Å². The number of halogens is 3. The zero-order valence-electron chi connectivity index (χ0n) is 10.7. The third-order valence-corrected chi connectivity index (χ3v) is 3.77. The van der Waals surface area contributed by atoms with Crippen molar-refractivity contribution >= 4 is 33.2 Å². The Bertz CT molecular complexity index is 681. The molecular formula is C14H10BrClFNO3. The minimum atomic E-state index is -0.514. The summed E-state index contributed by atoms with van der Waals surface area (Å²) in [7, 11) is 0. The molecule has 0 heterocycles. The van der Waals surface area contributed by atoms with Crippen molar-refractivity contribution < 1.29 is 14.1 Å². The normalized spacial score (nSPS) is 10.4. The highest BCUT2D eigenvalue weighted by Gasteiger charge is 2.16. The second kappa shape index (κ2) is 6.87. The SMILES string of the molecule is O=[N+]([O-])c1ccc(CBr)cc1OCc1ccc(F)cc1Cl. The molecule has 0 aliphatic carbocycles.